The third-order valence-electron chi connectivity index (χ3n) is 7.52. The lowest BCUT2D eigenvalue weighted by atomic mass is 9.89. The number of benzene rings is 4. The molecule has 43 heavy (non-hydrogen) atoms. The maximum absolute atomic E-state index is 13.2. The highest BCUT2D eigenvalue weighted by molar-refractivity contribution is 6.08. The molecule has 4 aromatic rings. The predicted molar refractivity (Wildman–Crippen MR) is 166 cm³/mol. The molecule has 1 heterocycles. The molecule has 1 saturated heterocycles. The van der Waals surface area contributed by atoms with E-state index in [-0.39, 0.29) is 23.1 Å². The number of aromatic carboxylic acids is 1. The van der Waals surface area contributed by atoms with Crippen LogP contribution >= 0.6 is 0 Å². The number of anilines is 2. The van der Waals surface area contributed by atoms with Crippen LogP contribution in [0.3, 0.4) is 0 Å². The van der Waals surface area contributed by atoms with Gasteiger partial charge in [0.1, 0.15) is 19.0 Å². The van der Waals surface area contributed by atoms with Gasteiger partial charge in [-0.05, 0) is 82.3 Å². The van der Waals surface area contributed by atoms with Crippen LogP contribution in [0.15, 0.2) is 84.9 Å². The number of hydrogen-bond donors (Lipinski definition) is 2. The van der Waals surface area contributed by atoms with Crippen molar-refractivity contribution in [2.75, 3.05) is 36.5 Å². The molecular formula is C35H35FN2O5. The molecule has 8 heteroatoms. The van der Waals surface area contributed by atoms with Gasteiger partial charge in [-0.15, -0.1) is 0 Å². The quantitative estimate of drug-likeness (QED) is 0.204. The number of nitrogens with one attached hydrogen (secondary N) is 1. The van der Waals surface area contributed by atoms with Crippen molar-refractivity contribution in [2.24, 2.45) is 0 Å². The number of carbonyl (C=O) groups is 2. The van der Waals surface area contributed by atoms with Crippen molar-refractivity contribution in [3.63, 3.8) is 0 Å². The second kappa shape index (κ2) is 13.5. The van der Waals surface area contributed by atoms with E-state index in [0.29, 0.717) is 36.7 Å². The first-order chi connectivity index (χ1) is 20.8. The SMILES string of the molecule is CC(C)c1cc(NC(=O)c2ccc(N3CCOCC3)cc2)c(C(=O)O)cc1-c1ccc(COc2cccc(CF)c2)cc1. The van der Waals surface area contributed by atoms with Crippen LogP contribution in [0.1, 0.15) is 57.2 Å². The van der Waals surface area contributed by atoms with Crippen molar-refractivity contribution >= 4 is 23.3 Å². The Hall–Kier alpha value is -4.69. The Morgan fingerprint density at radius 3 is 2.33 bits per heavy atom. The number of rotatable bonds is 10. The zero-order chi connectivity index (χ0) is 30.3. The summed E-state index contributed by atoms with van der Waals surface area (Å²) < 4.78 is 24.2. The molecule has 1 amide bonds. The van der Waals surface area contributed by atoms with Crippen LogP contribution in [0.25, 0.3) is 11.1 Å². The fraction of sp³-hybridized carbons (Fsp3) is 0.257. The Labute approximate surface area is 250 Å². The van der Waals surface area contributed by atoms with Crippen molar-refractivity contribution in [1.82, 2.24) is 0 Å². The van der Waals surface area contributed by atoms with E-state index in [0.717, 1.165) is 41.0 Å². The zero-order valence-electron chi connectivity index (χ0n) is 24.3. The average Bonchev–Trinajstić information content (AvgIpc) is 3.04. The van der Waals surface area contributed by atoms with Gasteiger partial charge in [0.25, 0.3) is 5.91 Å². The van der Waals surface area contributed by atoms with Crippen molar-refractivity contribution in [3.05, 3.63) is 113 Å². The molecule has 0 saturated carbocycles. The third-order valence-corrected chi connectivity index (χ3v) is 7.52. The summed E-state index contributed by atoms with van der Waals surface area (Å²) in [6.07, 6.45) is 0. The molecule has 222 valence electrons. The van der Waals surface area contributed by atoms with Gasteiger partial charge in [0, 0.05) is 24.3 Å². The summed E-state index contributed by atoms with van der Waals surface area (Å²) in [6, 6.07) is 25.3. The first kappa shape index (κ1) is 29.8. The first-order valence-electron chi connectivity index (χ1n) is 14.3. The number of amides is 1. The smallest absolute Gasteiger partial charge is 0.337 e. The molecule has 0 aromatic heterocycles. The molecule has 0 spiro atoms. The van der Waals surface area contributed by atoms with Gasteiger partial charge in [0.05, 0.1) is 24.5 Å². The van der Waals surface area contributed by atoms with Crippen LogP contribution in [-0.4, -0.2) is 43.3 Å². The fourth-order valence-electron chi connectivity index (χ4n) is 5.13. The lowest BCUT2D eigenvalue weighted by Crippen LogP contribution is -2.36. The number of nitrogens with zero attached hydrogens (tertiary/aromatic N) is 1. The van der Waals surface area contributed by atoms with Gasteiger partial charge in [0.15, 0.2) is 0 Å². The fourth-order valence-corrected chi connectivity index (χ4v) is 5.13. The summed E-state index contributed by atoms with van der Waals surface area (Å²) in [7, 11) is 0. The van der Waals surface area contributed by atoms with Crippen LogP contribution < -0.4 is 15.0 Å². The maximum Gasteiger partial charge on any atom is 0.337 e. The summed E-state index contributed by atoms with van der Waals surface area (Å²) in [4.78, 5) is 27.7. The van der Waals surface area contributed by atoms with E-state index in [4.69, 9.17) is 9.47 Å². The van der Waals surface area contributed by atoms with E-state index in [1.54, 1.807) is 48.5 Å². The molecule has 4 aromatic carbocycles. The van der Waals surface area contributed by atoms with Gasteiger partial charge >= 0.3 is 5.97 Å². The minimum atomic E-state index is -1.13. The molecule has 0 aliphatic carbocycles. The number of carboxylic acids is 1. The van der Waals surface area contributed by atoms with E-state index in [2.05, 4.69) is 10.2 Å². The number of ether oxygens (including phenoxy) is 2. The van der Waals surface area contributed by atoms with Gasteiger partial charge in [-0.2, -0.15) is 0 Å². The molecule has 0 bridgehead atoms. The highest BCUT2D eigenvalue weighted by Gasteiger charge is 2.20. The Morgan fingerprint density at radius 1 is 0.953 bits per heavy atom. The summed E-state index contributed by atoms with van der Waals surface area (Å²) >= 11 is 0. The summed E-state index contributed by atoms with van der Waals surface area (Å²) in [6.45, 7) is 6.76. The first-order valence-corrected chi connectivity index (χ1v) is 14.3. The molecule has 7 nitrogen and oxygen atoms in total. The number of carboxylic acid groups (broad SMARTS) is 1. The lowest BCUT2D eigenvalue weighted by molar-refractivity contribution is 0.0698. The number of hydrogen-bond acceptors (Lipinski definition) is 5. The number of carbonyl (C=O) groups excluding carboxylic acids is 1. The maximum atomic E-state index is 13.2. The van der Waals surface area contributed by atoms with Gasteiger partial charge < -0.3 is 24.8 Å². The second-order valence-electron chi connectivity index (χ2n) is 10.8. The predicted octanol–water partition coefficient (Wildman–Crippen LogP) is 7.31. The summed E-state index contributed by atoms with van der Waals surface area (Å²) in [5.74, 6) is -0.847. The van der Waals surface area contributed by atoms with E-state index in [9.17, 15) is 19.1 Å². The minimum Gasteiger partial charge on any atom is -0.489 e. The Morgan fingerprint density at radius 2 is 1.67 bits per heavy atom. The molecule has 0 radical (unpaired) electrons. The largest absolute Gasteiger partial charge is 0.489 e. The van der Waals surface area contributed by atoms with E-state index < -0.39 is 12.6 Å². The van der Waals surface area contributed by atoms with Gasteiger partial charge in [-0.3, -0.25) is 4.79 Å². The Balaban J connectivity index is 1.35. The lowest BCUT2D eigenvalue weighted by Gasteiger charge is -2.28. The Bertz CT molecular complexity index is 1580. The summed E-state index contributed by atoms with van der Waals surface area (Å²) in [5.41, 5.74) is 5.75. The van der Waals surface area contributed by atoms with Gasteiger partial charge in [-0.1, -0.05) is 50.2 Å². The highest BCUT2D eigenvalue weighted by atomic mass is 19.1. The van der Waals surface area contributed by atoms with Crippen LogP contribution in [0.4, 0.5) is 15.8 Å². The molecule has 0 atom stereocenters. The summed E-state index contributed by atoms with van der Waals surface area (Å²) in [5, 5.41) is 12.9. The molecule has 1 aliphatic rings. The highest BCUT2D eigenvalue weighted by Crippen LogP contribution is 2.35. The molecule has 2 N–H and O–H groups in total. The normalized spacial score (nSPS) is 13.2. The Kier molecular flexibility index (Phi) is 9.37. The molecule has 1 aliphatic heterocycles. The third kappa shape index (κ3) is 7.21. The monoisotopic (exact) mass is 582 g/mol. The molecule has 5 rings (SSSR count). The number of morpholine rings is 1. The van der Waals surface area contributed by atoms with Gasteiger partial charge in [0.2, 0.25) is 0 Å². The van der Waals surface area contributed by atoms with Crippen molar-refractivity contribution in [3.8, 4) is 16.9 Å². The molecular weight excluding hydrogens is 547 g/mol. The van der Waals surface area contributed by atoms with Crippen molar-refractivity contribution in [1.29, 1.82) is 0 Å². The second-order valence-corrected chi connectivity index (χ2v) is 10.8. The minimum absolute atomic E-state index is 0.0119. The van der Waals surface area contributed by atoms with Crippen molar-refractivity contribution in [2.45, 2.75) is 33.0 Å². The van der Waals surface area contributed by atoms with Crippen LogP contribution in [0, 0.1) is 0 Å². The van der Waals surface area contributed by atoms with Crippen molar-refractivity contribution < 1.29 is 28.6 Å². The molecule has 0 unspecified atom stereocenters. The van der Waals surface area contributed by atoms with E-state index in [1.807, 2.05) is 50.2 Å². The van der Waals surface area contributed by atoms with Gasteiger partial charge in [-0.25, -0.2) is 9.18 Å². The standard InChI is InChI=1S/C35H35FN2O5/c1-23(2)30-20-33(37-34(39)27-10-12-28(13-11-27)38-14-16-42-17-15-38)32(35(40)41)19-31(30)26-8-6-24(7-9-26)22-43-29-5-3-4-25(18-29)21-36/h3-13,18-20,23H,14-17,21-22H2,1-2H3,(H,37,39)(H,40,41). The van der Waals surface area contributed by atoms with Crippen LogP contribution in [-0.2, 0) is 18.0 Å². The number of alkyl halides is 1. The zero-order valence-corrected chi connectivity index (χ0v) is 24.3. The van der Waals surface area contributed by atoms with E-state index in [1.165, 1.54) is 0 Å². The van der Waals surface area contributed by atoms with E-state index >= 15 is 0 Å². The topological polar surface area (TPSA) is 88.1 Å². The van der Waals surface area contributed by atoms with Crippen LogP contribution in [0.5, 0.6) is 5.75 Å². The van der Waals surface area contributed by atoms with Crippen LogP contribution in [0.2, 0.25) is 0 Å². The molecule has 1 fully saturated rings. The number of halogens is 1. The average molecular weight is 583 g/mol.